The molecule has 0 amide bonds. The van der Waals surface area contributed by atoms with Gasteiger partial charge in [0.2, 0.25) is 0 Å². The van der Waals surface area contributed by atoms with Crippen LogP contribution < -0.4 is 14.4 Å². The van der Waals surface area contributed by atoms with Crippen LogP contribution in [0.2, 0.25) is 0 Å². The molecule has 3 aromatic carbocycles. The quantitative estimate of drug-likeness (QED) is 0.270. The number of benzene rings is 3. The van der Waals surface area contributed by atoms with E-state index < -0.39 is 0 Å². The number of aryl methyl sites for hydroxylation is 1. The summed E-state index contributed by atoms with van der Waals surface area (Å²) in [4.78, 5) is 4.87. The molecule has 0 radical (unpaired) electrons. The highest BCUT2D eigenvalue weighted by Gasteiger charge is 2.25. The Morgan fingerprint density at radius 1 is 0.868 bits per heavy atom. The lowest BCUT2D eigenvalue weighted by Crippen LogP contribution is -2.28. The fourth-order valence-electron chi connectivity index (χ4n) is 5.57. The zero-order valence-corrected chi connectivity index (χ0v) is 23.6. The minimum Gasteiger partial charge on any atom is -0.508 e. The summed E-state index contributed by atoms with van der Waals surface area (Å²) in [7, 11) is 1.74. The average Bonchev–Trinajstić information content (AvgIpc) is 2.95. The molecule has 1 atom stereocenters. The van der Waals surface area contributed by atoms with E-state index >= 15 is 0 Å². The van der Waals surface area contributed by atoms with Gasteiger partial charge in [-0.05, 0) is 97.3 Å². The first-order chi connectivity index (χ1) is 18.5. The van der Waals surface area contributed by atoms with Gasteiger partial charge in [0, 0.05) is 31.4 Å². The molecule has 0 fully saturated rings. The summed E-state index contributed by atoms with van der Waals surface area (Å²) in [6.45, 7) is 12.2. The fraction of sp³-hybridized carbons (Fsp3) is 0.455. The molecule has 1 aliphatic carbocycles. The van der Waals surface area contributed by atoms with Crippen LogP contribution in [0, 0.1) is 0 Å². The second-order valence-electron chi connectivity index (χ2n) is 10.3. The summed E-state index contributed by atoms with van der Waals surface area (Å²) in [6, 6.07) is 21.0. The van der Waals surface area contributed by atoms with Crippen LogP contribution in [0.5, 0.6) is 17.2 Å². The van der Waals surface area contributed by atoms with Crippen molar-refractivity contribution in [1.29, 1.82) is 0 Å². The molecule has 0 heterocycles. The van der Waals surface area contributed by atoms with Crippen LogP contribution in [-0.2, 0) is 19.4 Å². The van der Waals surface area contributed by atoms with E-state index in [0.29, 0.717) is 18.3 Å². The molecule has 1 N–H and O–H groups in total. The summed E-state index contributed by atoms with van der Waals surface area (Å²) in [5.41, 5.74) is 6.54. The molecule has 1 aliphatic rings. The van der Waals surface area contributed by atoms with Crippen LogP contribution in [0.3, 0.4) is 0 Å². The van der Waals surface area contributed by atoms with Gasteiger partial charge < -0.3 is 24.4 Å². The Bertz CT molecular complexity index is 1160. The zero-order valence-electron chi connectivity index (χ0n) is 23.6. The normalized spacial score (nSPS) is 14.8. The number of phenols is 1. The zero-order chi connectivity index (χ0) is 26.9. The van der Waals surface area contributed by atoms with E-state index in [1.807, 2.05) is 12.1 Å². The van der Waals surface area contributed by atoms with Gasteiger partial charge in [-0.15, -0.1) is 0 Å². The molecule has 4 rings (SSSR count). The van der Waals surface area contributed by atoms with Crippen molar-refractivity contribution in [3.05, 3.63) is 82.9 Å². The number of phenolic OH excluding ortho intramolecular Hbond substituents is 1. The van der Waals surface area contributed by atoms with Crippen LogP contribution in [0.25, 0.3) is 0 Å². The monoisotopic (exact) mass is 516 g/mol. The summed E-state index contributed by atoms with van der Waals surface area (Å²) in [6.07, 6.45) is 4.13. The van der Waals surface area contributed by atoms with Crippen LogP contribution in [-0.4, -0.2) is 49.9 Å². The maximum Gasteiger partial charge on any atom is 0.120 e. The van der Waals surface area contributed by atoms with Gasteiger partial charge >= 0.3 is 0 Å². The number of nitrogens with zero attached hydrogens (tertiary/aromatic N) is 2. The van der Waals surface area contributed by atoms with E-state index in [2.05, 4.69) is 79.1 Å². The average molecular weight is 517 g/mol. The second-order valence-corrected chi connectivity index (χ2v) is 10.3. The first kappa shape index (κ1) is 27.8. The van der Waals surface area contributed by atoms with Crippen LogP contribution >= 0.6 is 0 Å². The van der Waals surface area contributed by atoms with Crippen LogP contribution in [0.1, 0.15) is 61.8 Å². The van der Waals surface area contributed by atoms with Gasteiger partial charge in [0.05, 0.1) is 7.11 Å². The lowest BCUT2D eigenvalue weighted by molar-refractivity contribution is 0.223. The Labute approximate surface area is 229 Å². The standard InChI is InChI=1S/C33H44N2O3/c1-5-18-35(24-25-8-14-30(15-9-25)38-20-19-34(6-2)7-3)33-23-31(37-4)16-17-32(33)28-11-10-27-22-29(36)13-12-26(27)21-28/h8-9,12-17,22-23,28,36H,5-7,10-11,18-21,24H2,1-4H3. The van der Waals surface area contributed by atoms with Gasteiger partial charge in [-0.3, -0.25) is 0 Å². The highest BCUT2D eigenvalue weighted by molar-refractivity contribution is 5.60. The number of hydrogen-bond acceptors (Lipinski definition) is 5. The van der Waals surface area contributed by atoms with E-state index in [0.717, 1.165) is 69.9 Å². The lowest BCUT2D eigenvalue weighted by atomic mass is 9.79. The van der Waals surface area contributed by atoms with Crippen LogP contribution in [0.15, 0.2) is 60.7 Å². The summed E-state index contributed by atoms with van der Waals surface area (Å²) >= 11 is 0. The third-order valence-corrected chi connectivity index (χ3v) is 7.80. The molecule has 5 heteroatoms. The van der Waals surface area contributed by atoms with Crippen molar-refractivity contribution in [1.82, 2.24) is 4.90 Å². The van der Waals surface area contributed by atoms with Gasteiger partial charge in [-0.1, -0.05) is 45.0 Å². The van der Waals surface area contributed by atoms with E-state index in [9.17, 15) is 5.11 Å². The van der Waals surface area contributed by atoms with Crippen LogP contribution in [0.4, 0.5) is 5.69 Å². The molecule has 0 saturated carbocycles. The number of aromatic hydroxyl groups is 1. The molecule has 0 aromatic heterocycles. The summed E-state index contributed by atoms with van der Waals surface area (Å²) in [5, 5.41) is 9.92. The van der Waals surface area contributed by atoms with E-state index in [-0.39, 0.29) is 0 Å². The largest absolute Gasteiger partial charge is 0.508 e. The fourth-order valence-corrected chi connectivity index (χ4v) is 5.57. The molecule has 3 aromatic rings. The van der Waals surface area contributed by atoms with Gasteiger partial charge in [-0.25, -0.2) is 0 Å². The van der Waals surface area contributed by atoms with Gasteiger partial charge in [-0.2, -0.15) is 0 Å². The molecule has 0 spiro atoms. The summed E-state index contributed by atoms with van der Waals surface area (Å²) in [5.74, 6) is 2.62. The van der Waals surface area contributed by atoms with Crippen molar-refractivity contribution in [2.75, 3.05) is 44.8 Å². The Morgan fingerprint density at radius 3 is 2.34 bits per heavy atom. The third-order valence-electron chi connectivity index (χ3n) is 7.80. The number of methoxy groups -OCH3 is 1. The molecule has 0 saturated heterocycles. The van der Waals surface area contributed by atoms with Crippen molar-refractivity contribution >= 4 is 5.69 Å². The maximum absolute atomic E-state index is 9.92. The smallest absolute Gasteiger partial charge is 0.120 e. The molecular weight excluding hydrogens is 472 g/mol. The number of ether oxygens (including phenoxy) is 2. The minimum atomic E-state index is 0.363. The van der Waals surface area contributed by atoms with Crippen molar-refractivity contribution in [3.63, 3.8) is 0 Å². The molecule has 38 heavy (non-hydrogen) atoms. The maximum atomic E-state index is 9.92. The minimum absolute atomic E-state index is 0.363. The van der Waals surface area contributed by atoms with Crippen molar-refractivity contribution in [2.45, 2.75) is 58.9 Å². The third kappa shape index (κ3) is 7.02. The molecule has 0 aliphatic heterocycles. The van der Waals surface area contributed by atoms with E-state index in [1.165, 1.54) is 27.9 Å². The first-order valence-electron chi connectivity index (χ1n) is 14.2. The highest BCUT2D eigenvalue weighted by atomic mass is 16.5. The van der Waals surface area contributed by atoms with Gasteiger partial charge in [0.15, 0.2) is 0 Å². The Hall–Kier alpha value is -3.18. The second kappa shape index (κ2) is 13.6. The topological polar surface area (TPSA) is 45.2 Å². The predicted octanol–water partition coefficient (Wildman–Crippen LogP) is 6.81. The number of hydrogen-bond donors (Lipinski definition) is 1. The van der Waals surface area contributed by atoms with E-state index in [4.69, 9.17) is 9.47 Å². The molecule has 1 unspecified atom stereocenters. The Balaban J connectivity index is 1.52. The predicted molar refractivity (Wildman–Crippen MR) is 157 cm³/mol. The molecule has 204 valence electrons. The number of likely N-dealkylation sites (N-methyl/N-ethyl adjacent to an activating group) is 1. The van der Waals surface area contributed by atoms with Crippen molar-refractivity contribution in [3.8, 4) is 17.2 Å². The van der Waals surface area contributed by atoms with E-state index in [1.54, 1.807) is 7.11 Å². The van der Waals surface area contributed by atoms with Crippen molar-refractivity contribution in [2.24, 2.45) is 0 Å². The lowest BCUT2D eigenvalue weighted by Gasteiger charge is -2.32. The Morgan fingerprint density at radius 2 is 1.63 bits per heavy atom. The number of anilines is 1. The Kier molecular flexibility index (Phi) is 9.94. The molecule has 0 bridgehead atoms. The first-order valence-corrected chi connectivity index (χ1v) is 14.2. The SMILES string of the molecule is CCCN(Cc1ccc(OCCN(CC)CC)cc1)c1cc(OC)ccc1C1CCc2cc(O)ccc2C1. The number of rotatable bonds is 13. The van der Waals surface area contributed by atoms with Gasteiger partial charge in [0.25, 0.3) is 0 Å². The van der Waals surface area contributed by atoms with Gasteiger partial charge in [0.1, 0.15) is 23.9 Å². The number of fused-ring (bicyclic) bond motifs is 1. The summed E-state index contributed by atoms with van der Waals surface area (Å²) < 4.78 is 11.7. The molecular formula is C33H44N2O3. The van der Waals surface area contributed by atoms with Crippen molar-refractivity contribution < 1.29 is 14.6 Å². The molecule has 5 nitrogen and oxygen atoms in total. The highest BCUT2D eigenvalue weighted by Crippen LogP contribution is 2.40.